The second-order valence-corrected chi connectivity index (χ2v) is 5.75. The largest absolute Gasteiger partial charge is 0.450 e. The molecular weight excluding hydrogens is 336 g/mol. The number of ether oxygens (including phenoxy) is 1. The Kier molecular flexibility index (Phi) is 5.61. The van der Waals surface area contributed by atoms with Crippen LogP contribution in [0.4, 0.5) is 4.79 Å². The first-order valence-electron chi connectivity index (χ1n) is 7.08. The van der Waals surface area contributed by atoms with E-state index in [1.54, 1.807) is 28.9 Å². The van der Waals surface area contributed by atoms with E-state index in [9.17, 15) is 9.59 Å². The van der Waals surface area contributed by atoms with Crippen molar-refractivity contribution in [1.82, 2.24) is 9.80 Å². The van der Waals surface area contributed by atoms with Crippen LogP contribution in [0.25, 0.3) is 0 Å². The molecule has 1 aliphatic heterocycles. The average Bonchev–Trinajstić information content (AvgIpc) is 2.73. The van der Waals surface area contributed by atoms with Crippen LogP contribution in [-0.2, 0) is 4.74 Å². The number of carbonyl (C=O) groups is 2. The molecule has 5 nitrogen and oxygen atoms in total. The third-order valence-corrected chi connectivity index (χ3v) is 3.93. The second-order valence-electron chi connectivity index (χ2n) is 4.84. The van der Waals surface area contributed by atoms with Gasteiger partial charge in [0.1, 0.15) is 0 Å². The third kappa shape index (κ3) is 4.20. The van der Waals surface area contributed by atoms with Gasteiger partial charge in [-0.2, -0.15) is 0 Å². The fourth-order valence-electron chi connectivity index (χ4n) is 2.29. The van der Waals surface area contributed by atoms with E-state index in [1.807, 2.05) is 12.1 Å². The molecule has 0 bridgehead atoms. The standard InChI is InChI=1S/C15H19BrN2O3/c1-2-21-15(20)18-9-3-8-17(10-11-18)14(19)12-4-6-13(16)7-5-12/h4-7H,2-3,8-11H2,1H3. The van der Waals surface area contributed by atoms with Crippen LogP contribution in [0.1, 0.15) is 23.7 Å². The summed E-state index contributed by atoms with van der Waals surface area (Å²) in [4.78, 5) is 27.6. The van der Waals surface area contributed by atoms with Crippen molar-refractivity contribution in [3.05, 3.63) is 34.3 Å². The zero-order chi connectivity index (χ0) is 15.2. The number of carbonyl (C=O) groups excluding carboxylic acids is 2. The first-order valence-corrected chi connectivity index (χ1v) is 7.87. The summed E-state index contributed by atoms with van der Waals surface area (Å²) in [5.74, 6) is 0.00760. The molecule has 1 aliphatic rings. The van der Waals surface area contributed by atoms with Gasteiger partial charge in [-0.1, -0.05) is 15.9 Å². The van der Waals surface area contributed by atoms with E-state index >= 15 is 0 Å². The maximum Gasteiger partial charge on any atom is 0.409 e. The molecule has 1 saturated heterocycles. The third-order valence-electron chi connectivity index (χ3n) is 3.40. The minimum Gasteiger partial charge on any atom is -0.450 e. The molecule has 1 aromatic rings. The maximum absolute atomic E-state index is 12.4. The average molecular weight is 355 g/mol. The highest BCUT2D eigenvalue weighted by atomic mass is 79.9. The Morgan fingerprint density at radius 3 is 2.38 bits per heavy atom. The van der Waals surface area contributed by atoms with Gasteiger partial charge >= 0.3 is 6.09 Å². The van der Waals surface area contributed by atoms with Crippen LogP contribution in [-0.4, -0.2) is 54.6 Å². The molecule has 2 rings (SSSR count). The number of nitrogens with zero attached hydrogens (tertiary/aromatic N) is 2. The number of halogens is 1. The Morgan fingerprint density at radius 1 is 1.10 bits per heavy atom. The molecule has 0 spiro atoms. The van der Waals surface area contributed by atoms with Gasteiger partial charge in [0.2, 0.25) is 0 Å². The van der Waals surface area contributed by atoms with Gasteiger partial charge in [0.15, 0.2) is 0 Å². The number of hydrogen-bond donors (Lipinski definition) is 0. The van der Waals surface area contributed by atoms with E-state index in [4.69, 9.17) is 4.74 Å². The smallest absolute Gasteiger partial charge is 0.409 e. The number of rotatable bonds is 2. The molecule has 0 aliphatic carbocycles. The first kappa shape index (κ1) is 15.8. The topological polar surface area (TPSA) is 49.9 Å². The second kappa shape index (κ2) is 7.45. The van der Waals surface area contributed by atoms with E-state index in [2.05, 4.69) is 15.9 Å². The van der Waals surface area contributed by atoms with Gasteiger partial charge in [0, 0.05) is 36.2 Å². The Labute approximate surface area is 133 Å². The summed E-state index contributed by atoms with van der Waals surface area (Å²) in [7, 11) is 0. The van der Waals surface area contributed by atoms with Crippen molar-refractivity contribution in [3.63, 3.8) is 0 Å². The lowest BCUT2D eigenvalue weighted by atomic mass is 10.2. The van der Waals surface area contributed by atoms with Gasteiger partial charge < -0.3 is 14.5 Å². The lowest BCUT2D eigenvalue weighted by Crippen LogP contribution is -2.37. The molecule has 6 heteroatoms. The molecule has 1 heterocycles. The van der Waals surface area contributed by atoms with Crippen molar-refractivity contribution in [3.8, 4) is 0 Å². The quantitative estimate of drug-likeness (QED) is 0.820. The molecule has 21 heavy (non-hydrogen) atoms. The highest BCUT2D eigenvalue weighted by Gasteiger charge is 2.23. The van der Waals surface area contributed by atoms with Crippen LogP contribution in [0.3, 0.4) is 0 Å². The van der Waals surface area contributed by atoms with E-state index in [1.165, 1.54) is 0 Å². The SMILES string of the molecule is CCOC(=O)N1CCCN(C(=O)c2ccc(Br)cc2)CC1. The molecule has 2 amide bonds. The van der Waals surface area contributed by atoms with Gasteiger partial charge in [0.25, 0.3) is 5.91 Å². The summed E-state index contributed by atoms with van der Waals surface area (Å²) in [6.07, 6.45) is 0.469. The predicted octanol–water partition coefficient (Wildman–Crippen LogP) is 2.75. The zero-order valence-corrected chi connectivity index (χ0v) is 13.6. The van der Waals surface area contributed by atoms with Crippen LogP contribution in [0, 0.1) is 0 Å². The van der Waals surface area contributed by atoms with Crippen LogP contribution in [0.5, 0.6) is 0 Å². The first-order chi connectivity index (χ1) is 10.1. The Hall–Kier alpha value is -1.56. The fraction of sp³-hybridized carbons (Fsp3) is 0.467. The number of amides is 2. The van der Waals surface area contributed by atoms with Gasteiger partial charge in [-0.25, -0.2) is 4.79 Å². The molecule has 0 aromatic heterocycles. The lowest BCUT2D eigenvalue weighted by molar-refractivity contribution is 0.0753. The van der Waals surface area contributed by atoms with Crippen LogP contribution in [0.15, 0.2) is 28.7 Å². The van der Waals surface area contributed by atoms with Gasteiger partial charge in [-0.15, -0.1) is 0 Å². The Balaban J connectivity index is 1.97. The molecule has 0 radical (unpaired) electrons. The summed E-state index contributed by atoms with van der Waals surface area (Å²) < 4.78 is 5.96. The van der Waals surface area contributed by atoms with Crippen LogP contribution in [0.2, 0.25) is 0 Å². The monoisotopic (exact) mass is 354 g/mol. The Bertz CT molecular complexity index is 504. The molecule has 114 valence electrons. The van der Waals surface area contributed by atoms with Crippen molar-refractivity contribution in [2.45, 2.75) is 13.3 Å². The van der Waals surface area contributed by atoms with E-state index in [0.717, 1.165) is 10.9 Å². The molecule has 1 fully saturated rings. The van der Waals surface area contributed by atoms with Crippen molar-refractivity contribution >= 4 is 27.9 Å². The molecule has 0 unspecified atom stereocenters. The van der Waals surface area contributed by atoms with Crippen molar-refractivity contribution in [2.75, 3.05) is 32.8 Å². The summed E-state index contributed by atoms with van der Waals surface area (Å²) >= 11 is 3.36. The zero-order valence-electron chi connectivity index (χ0n) is 12.0. The van der Waals surface area contributed by atoms with E-state index < -0.39 is 0 Å². The molecule has 1 aromatic carbocycles. The molecule has 0 saturated carbocycles. The minimum absolute atomic E-state index is 0.00760. The van der Waals surface area contributed by atoms with Crippen molar-refractivity contribution in [1.29, 1.82) is 0 Å². The normalized spacial score (nSPS) is 15.5. The maximum atomic E-state index is 12.4. The van der Waals surface area contributed by atoms with Crippen molar-refractivity contribution < 1.29 is 14.3 Å². The highest BCUT2D eigenvalue weighted by Crippen LogP contribution is 2.14. The molecule has 0 atom stereocenters. The van der Waals surface area contributed by atoms with Gasteiger partial charge in [0.05, 0.1) is 6.61 Å². The van der Waals surface area contributed by atoms with Gasteiger partial charge in [-0.3, -0.25) is 4.79 Å². The minimum atomic E-state index is -0.296. The van der Waals surface area contributed by atoms with E-state index in [-0.39, 0.29) is 12.0 Å². The van der Waals surface area contributed by atoms with Crippen molar-refractivity contribution in [2.24, 2.45) is 0 Å². The Morgan fingerprint density at radius 2 is 1.71 bits per heavy atom. The van der Waals surface area contributed by atoms with Crippen LogP contribution < -0.4 is 0 Å². The van der Waals surface area contributed by atoms with E-state index in [0.29, 0.717) is 38.3 Å². The number of benzene rings is 1. The molecular formula is C15H19BrN2O3. The summed E-state index contributed by atoms with van der Waals surface area (Å²) in [6.45, 7) is 4.50. The van der Waals surface area contributed by atoms with Gasteiger partial charge in [-0.05, 0) is 37.6 Å². The summed E-state index contributed by atoms with van der Waals surface area (Å²) in [5, 5.41) is 0. The predicted molar refractivity (Wildman–Crippen MR) is 83.3 cm³/mol. The molecule has 0 N–H and O–H groups in total. The lowest BCUT2D eigenvalue weighted by Gasteiger charge is -2.21. The van der Waals surface area contributed by atoms with Crippen LogP contribution >= 0.6 is 15.9 Å². The summed E-state index contributed by atoms with van der Waals surface area (Å²) in [6, 6.07) is 7.33. The number of hydrogen-bond acceptors (Lipinski definition) is 3. The summed E-state index contributed by atoms with van der Waals surface area (Å²) in [5.41, 5.74) is 0.669. The fourth-order valence-corrected chi connectivity index (χ4v) is 2.56. The highest BCUT2D eigenvalue weighted by molar-refractivity contribution is 9.10.